The number of carbonyl (C=O) groups is 1. The van der Waals surface area contributed by atoms with Crippen LogP contribution in [-0.2, 0) is 4.79 Å². The Morgan fingerprint density at radius 1 is 0.933 bits per heavy atom. The first-order chi connectivity index (χ1) is 14.6. The maximum Gasteiger partial charge on any atom is 0.150 e. The second kappa shape index (κ2) is 8.51. The zero-order chi connectivity index (χ0) is 21.1. The van der Waals surface area contributed by atoms with Gasteiger partial charge in [-0.3, -0.25) is 4.79 Å². The van der Waals surface area contributed by atoms with Crippen molar-refractivity contribution in [3.8, 4) is 21.9 Å². The van der Waals surface area contributed by atoms with Crippen molar-refractivity contribution in [1.29, 1.82) is 0 Å². The van der Waals surface area contributed by atoms with Crippen LogP contribution in [0.25, 0.3) is 32.2 Å². The van der Waals surface area contributed by atoms with Crippen LogP contribution in [-0.4, -0.2) is 20.5 Å². The minimum atomic E-state index is -0.349. The van der Waals surface area contributed by atoms with Crippen LogP contribution in [0.5, 0.6) is 11.5 Å². The molecule has 1 aromatic heterocycles. The van der Waals surface area contributed by atoms with Gasteiger partial charge in [-0.05, 0) is 47.4 Å². The van der Waals surface area contributed by atoms with Crippen molar-refractivity contribution >= 4 is 39.4 Å². The van der Waals surface area contributed by atoms with Crippen molar-refractivity contribution in [3.63, 3.8) is 0 Å². The summed E-state index contributed by atoms with van der Waals surface area (Å²) in [6, 6.07) is 19.9. The quantitative estimate of drug-likeness (QED) is 0.205. The van der Waals surface area contributed by atoms with E-state index in [1.807, 2.05) is 24.3 Å². The maximum atomic E-state index is 13.3. The molecule has 0 N–H and O–H groups in total. The van der Waals surface area contributed by atoms with E-state index in [9.17, 15) is 9.18 Å². The van der Waals surface area contributed by atoms with E-state index in [2.05, 4.69) is 18.2 Å². The van der Waals surface area contributed by atoms with Crippen molar-refractivity contribution in [1.82, 2.24) is 0 Å². The number of halogens is 1. The van der Waals surface area contributed by atoms with E-state index in [0.717, 1.165) is 27.7 Å². The van der Waals surface area contributed by atoms with Crippen LogP contribution in [0.4, 0.5) is 4.39 Å². The van der Waals surface area contributed by atoms with Gasteiger partial charge in [-0.15, -0.1) is 11.3 Å². The van der Waals surface area contributed by atoms with Crippen LogP contribution in [0.2, 0.25) is 0 Å². The summed E-state index contributed by atoms with van der Waals surface area (Å²) in [5.74, 6) is 0.918. The highest BCUT2D eigenvalue weighted by molar-refractivity contribution is 7.22. The van der Waals surface area contributed by atoms with Crippen molar-refractivity contribution in [2.45, 2.75) is 0 Å². The van der Waals surface area contributed by atoms with E-state index in [-0.39, 0.29) is 5.82 Å². The number of hydrogen-bond donors (Lipinski definition) is 0. The highest BCUT2D eigenvalue weighted by Gasteiger charge is 2.15. The average Bonchev–Trinajstić information content (AvgIpc) is 3.21. The van der Waals surface area contributed by atoms with Crippen LogP contribution >= 0.6 is 11.3 Å². The fourth-order valence-electron chi connectivity index (χ4n) is 3.34. The molecule has 0 saturated carbocycles. The standard InChI is InChI=1S/C25H19FO3S/c1-28-22-14-23(29-2)21(25-13-17-5-3-4-6-24(17)30-25)12-18(22)11-19(15-27)16-7-9-20(26)10-8-16/h3-15H,1-2H3. The third kappa shape index (κ3) is 3.84. The Hall–Kier alpha value is -3.44. The molecule has 0 radical (unpaired) electrons. The lowest BCUT2D eigenvalue weighted by molar-refractivity contribution is -0.103. The van der Waals surface area contributed by atoms with Gasteiger partial charge in [-0.25, -0.2) is 4.39 Å². The minimum Gasteiger partial charge on any atom is -0.496 e. The van der Waals surface area contributed by atoms with Crippen molar-refractivity contribution in [3.05, 3.63) is 83.7 Å². The highest BCUT2D eigenvalue weighted by Crippen LogP contribution is 2.42. The van der Waals surface area contributed by atoms with E-state index < -0.39 is 0 Å². The number of carbonyl (C=O) groups excluding carboxylic acids is 1. The predicted molar refractivity (Wildman–Crippen MR) is 121 cm³/mol. The molecule has 0 unspecified atom stereocenters. The molecular formula is C25H19FO3S. The van der Waals surface area contributed by atoms with Crippen LogP contribution in [0, 0.1) is 5.82 Å². The number of allylic oxidation sites excluding steroid dienone is 1. The Balaban J connectivity index is 1.87. The first kappa shape index (κ1) is 19.9. The molecule has 0 spiro atoms. The Kier molecular flexibility index (Phi) is 5.63. The SMILES string of the molecule is COc1cc(OC)c(-c2cc3ccccc3s2)cc1C=C(C=O)c1ccc(F)cc1. The molecular weight excluding hydrogens is 399 g/mol. The van der Waals surface area contributed by atoms with E-state index in [1.165, 1.54) is 16.8 Å². The highest BCUT2D eigenvalue weighted by atomic mass is 32.1. The fourth-order valence-corrected chi connectivity index (χ4v) is 4.42. The van der Waals surface area contributed by atoms with E-state index in [1.54, 1.807) is 43.8 Å². The van der Waals surface area contributed by atoms with E-state index >= 15 is 0 Å². The normalized spacial score (nSPS) is 11.5. The molecule has 4 aromatic rings. The molecule has 5 heteroatoms. The van der Waals surface area contributed by atoms with Gasteiger partial charge >= 0.3 is 0 Å². The number of aldehydes is 1. The summed E-state index contributed by atoms with van der Waals surface area (Å²) in [6.07, 6.45) is 2.51. The Bertz CT molecular complexity index is 1210. The summed E-state index contributed by atoms with van der Waals surface area (Å²) >= 11 is 1.67. The lowest BCUT2D eigenvalue weighted by atomic mass is 10.0. The van der Waals surface area contributed by atoms with Gasteiger partial charge in [-0.1, -0.05) is 30.3 Å². The second-order valence-corrected chi connectivity index (χ2v) is 7.75. The molecule has 0 fully saturated rings. The van der Waals surface area contributed by atoms with Crippen LogP contribution in [0.1, 0.15) is 11.1 Å². The number of fused-ring (bicyclic) bond motifs is 1. The second-order valence-electron chi connectivity index (χ2n) is 6.67. The number of rotatable bonds is 6. The molecule has 0 amide bonds. The van der Waals surface area contributed by atoms with Crippen LogP contribution in [0.3, 0.4) is 0 Å². The van der Waals surface area contributed by atoms with Gasteiger partial charge in [0, 0.05) is 32.3 Å². The van der Waals surface area contributed by atoms with Gasteiger partial charge in [0.1, 0.15) is 17.3 Å². The number of methoxy groups -OCH3 is 2. The summed E-state index contributed by atoms with van der Waals surface area (Å²) in [7, 11) is 3.19. The predicted octanol–water partition coefficient (Wildman–Crippen LogP) is 6.46. The monoisotopic (exact) mass is 418 g/mol. The largest absolute Gasteiger partial charge is 0.496 e. The molecule has 150 valence electrons. The number of ether oxygens (including phenoxy) is 2. The smallest absolute Gasteiger partial charge is 0.150 e. The third-order valence-electron chi connectivity index (χ3n) is 4.86. The molecule has 30 heavy (non-hydrogen) atoms. The molecule has 0 bridgehead atoms. The number of benzene rings is 3. The zero-order valence-corrected chi connectivity index (χ0v) is 17.3. The number of hydrogen-bond acceptors (Lipinski definition) is 4. The molecule has 3 nitrogen and oxygen atoms in total. The van der Waals surface area contributed by atoms with Crippen molar-refractivity contribution < 1.29 is 18.7 Å². The van der Waals surface area contributed by atoms with Gasteiger partial charge in [0.15, 0.2) is 6.29 Å². The summed E-state index contributed by atoms with van der Waals surface area (Å²) < 4.78 is 25.6. The Labute approximate surface area is 178 Å². The summed E-state index contributed by atoms with van der Waals surface area (Å²) in [6.45, 7) is 0. The molecule has 0 atom stereocenters. The Morgan fingerprint density at radius 2 is 1.67 bits per heavy atom. The first-order valence-electron chi connectivity index (χ1n) is 9.30. The molecule has 0 aliphatic rings. The van der Waals surface area contributed by atoms with Gasteiger partial charge < -0.3 is 9.47 Å². The van der Waals surface area contributed by atoms with Gasteiger partial charge in [0.2, 0.25) is 0 Å². The summed E-state index contributed by atoms with van der Waals surface area (Å²) in [4.78, 5) is 12.8. The van der Waals surface area contributed by atoms with Crippen molar-refractivity contribution in [2.24, 2.45) is 0 Å². The maximum absolute atomic E-state index is 13.3. The zero-order valence-electron chi connectivity index (χ0n) is 16.5. The molecule has 1 heterocycles. The summed E-state index contributed by atoms with van der Waals surface area (Å²) in [5, 5.41) is 1.16. The van der Waals surface area contributed by atoms with Crippen molar-refractivity contribution in [2.75, 3.05) is 14.2 Å². The lowest BCUT2D eigenvalue weighted by Gasteiger charge is -2.13. The van der Waals surface area contributed by atoms with Crippen LogP contribution in [0.15, 0.2) is 66.7 Å². The fraction of sp³-hybridized carbons (Fsp3) is 0.0800. The van der Waals surface area contributed by atoms with Gasteiger partial charge in [-0.2, -0.15) is 0 Å². The minimum absolute atomic E-state index is 0.349. The number of thiophene rings is 1. The molecule has 0 aliphatic heterocycles. The van der Waals surface area contributed by atoms with E-state index in [4.69, 9.17) is 9.47 Å². The first-order valence-corrected chi connectivity index (χ1v) is 10.1. The lowest BCUT2D eigenvalue weighted by Crippen LogP contribution is -1.94. The summed E-state index contributed by atoms with van der Waals surface area (Å²) in [5.41, 5.74) is 2.71. The average molecular weight is 418 g/mol. The molecule has 4 rings (SSSR count). The molecule has 0 saturated heterocycles. The van der Waals surface area contributed by atoms with Gasteiger partial charge in [0.25, 0.3) is 0 Å². The van der Waals surface area contributed by atoms with Crippen LogP contribution < -0.4 is 9.47 Å². The third-order valence-corrected chi connectivity index (χ3v) is 6.01. The van der Waals surface area contributed by atoms with Gasteiger partial charge in [0.05, 0.1) is 14.2 Å². The molecule has 3 aromatic carbocycles. The molecule has 0 aliphatic carbocycles. The van der Waals surface area contributed by atoms with E-state index in [0.29, 0.717) is 22.6 Å². The Morgan fingerprint density at radius 3 is 2.33 bits per heavy atom. The topological polar surface area (TPSA) is 35.5 Å².